The Bertz CT molecular complexity index is 448. The van der Waals surface area contributed by atoms with Gasteiger partial charge in [0.2, 0.25) is 0 Å². The molecule has 0 aliphatic carbocycles. The summed E-state index contributed by atoms with van der Waals surface area (Å²) in [4.78, 5) is 4.19. The van der Waals surface area contributed by atoms with Crippen LogP contribution in [0.1, 0.15) is 5.82 Å². The van der Waals surface area contributed by atoms with E-state index in [9.17, 15) is 0 Å². The third-order valence-corrected chi connectivity index (χ3v) is 3.17. The molecule has 0 spiro atoms. The quantitative estimate of drug-likeness (QED) is 0.875. The van der Waals surface area contributed by atoms with Gasteiger partial charge >= 0.3 is 0 Å². The number of hydrogen-bond donors (Lipinski definition) is 1. The molecule has 2 aromatic rings. The van der Waals surface area contributed by atoms with Gasteiger partial charge in [-0.1, -0.05) is 0 Å². The molecule has 84 valence electrons. The predicted molar refractivity (Wildman–Crippen MR) is 74.6 cm³/mol. The molecule has 0 unspecified atom stereocenters. The minimum absolute atomic E-state index is 0.914. The number of hydrogen-bond acceptors (Lipinski definition) is 2. The van der Waals surface area contributed by atoms with Crippen LogP contribution in [0.15, 0.2) is 36.7 Å². The summed E-state index contributed by atoms with van der Waals surface area (Å²) < 4.78 is 3.40. The number of nitrogens with zero attached hydrogens (tertiary/aromatic N) is 2. The van der Waals surface area contributed by atoms with Gasteiger partial charge in [-0.05, 0) is 53.8 Å². The molecule has 0 radical (unpaired) electrons. The van der Waals surface area contributed by atoms with Crippen molar-refractivity contribution in [2.45, 2.75) is 13.5 Å². The van der Waals surface area contributed by atoms with Gasteiger partial charge in [0.15, 0.2) is 0 Å². The van der Waals surface area contributed by atoms with E-state index in [0.717, 1.165) is 24.6 Å². The summed E-state index contributed by atoms with van der Waals surface area (Å²) in [5, 5.41) is 3.39. The highest BCUT2D eigenvalue weighted by Gasteiger charge is 1.96. The van der Waals surface area contributed by atoms with Gasteiger partial charge in [-0.25, -0.2) is 4.98 Å². The predicted octanol–water partition coefficient (Wildman–Crippen LogP) is 2.91. The van der Waals surface area contributed by atoms with Crippen LogP contribution in [0.4, 0.5) is 5.69 Å². The Hall–Kier alpha value is -1.04. The Kier molecular flexibility index (Phi) is 3.82. The molecule has 2 rings (SSSR count). The number of anilines is 1. The molecule has 4 heteroatoms. The van der Waals surface area contributed by atoms with E-state index in [1.165, 1.54) is 3.57 Å². The maximum Gasteiger partial charge on any atom is 0.105 e. The molecular weight excluding hydrogens is 313 g/mol. The van der Waals surface area contributed by atoms with Gasteiger partial charge < -0.3 is 9.88 Å². The zero-order valence-electron chi connectivity index (χ0n) is 9.15. The topological polar surface area (TPSA) is 29.9 Å². The fraction of sp³-hybridized carbons (Fsp3) is 0.250. The number of imidazole rings is 1. The molecular formula is C12H14IN3. The molecule has 0 atom stereocenters. The van der Waals surface area contributed by atoms with Crippen LogP contribution in [0.5, 0.6) is 0 Å². The molecule has 1 heterocycles. The van der Waals surface area contributed by atoms with E-state index in [2.05, 4.69) is 61.7 Å². The minimum Gasteiger partial charge on any atom is -0.383 e. The SMILES string of the molecule is Cc1nccn1CCNc1ccc(I)cc1. The van der Waals surface area contributed by atoms with Crippen LogP contribution in [-0.2, 0) is 6.54 Å². The van der Waals surface area contributed by atoms with Gasteiger partial charge in [0, 0.05) is 34.7 Å². The van der Waals surface area contributed by atoms with Crippen molar-refractivity contribution in [3.05, 3.63) is 46.1 Å². The molecule has 0 saturated heterocycles. The molecule has 16 heavy (non-hydrogen) atoms. The van der Waals surface area contributed by atoms with Crippen molar-refractivity contribution in [3.8, 4) is 0 Å². The highest BCUT2D eigenvalue weighted by atomic mass is 127. The van der Waals surface area contributed by atoms with Crippen LogP contribution < -0.4 is 5.32 Å². The maximum atomic E-state index is 4.19. The van der Waals surface area contributed by atoms with Gasteiger partial charge in [-0.3, -0.25) is 0 Å². The zero-order valence-corrected chi connectivity index (χ0v) is 11.3. The Morgan fingerprint density at radius 1 is 1.31 bits per heavy atom. The molecule has 0 aliphatic heterocycles. The summed E-state index contributed by atoms with van der Waals surface area (Å²) in [5.41, 5.74) is 1.16. The van der Waals surface area contributed by atoms with Crippen molar-refractivity contribution in [3.63, 3.8) is 0 Å². The van der Waals surface area contributed by atoms with Crippen molar-refractivity contribution < 1.29 is 0 Å². The summed E-state index contributed by atoms with van der Waals surface area (Å²) in [6.07, 6.45) is 3.84. The number of benzene rings is 1. The summed E-state index contributed by atoms with van der Waals surface area (Å²) in [5.74, 6) is 1.06. The molecule has 3 nitrogen and oxygen atoms in total. The number of rotatable bonds is 4. The van der Waals surface area contributed by atoms with Crippen molar-refractivity contribution in [2.24, 2.45) is 0 Å². The first-order valence-electron chi connectivity index (χ1n) is 5.23. The monoisotopic (exact) mass is 327 g/mol. The third-order valence-electron chi connectivity index (χ3n) is 2.45. The number of halogens is 1. The molecule has 1 aromatic heterocycles. The van der Waals surface area contributed by atoms with Crippen LogP contribution in [-0.4, -0.2) is 16.1 Å². The first kappa shape index (κ1) is 11.4. The molecule has 0 fully saturated rings. The summed E-state index contributed by atoms with van der Waals surface area (Å²) in [7, 11) is 0. The average molecular weight is 327 g/mol. The second-order valence-corrected chi connectivity index (χ2v) is 4.85. The molecule has 0 saturated carbocycles. The van der Waals surface area contributed by atoms with Crippen molar-refractivity contribution in [1.29, 1.82) is 0 Å². The van der Waals surface area contributed by atoms with E-state index < -0.39 is 0 Å². The van der Waals surface area contributed by atoms with Gasteiger partial charge in [0.05, 0.1) is 0 Å². The van der Waals surface area contributed by atoms with Gasteiger partial charge in [-0.2, -0.15) is 0 Å². The van der Waals surface area contributed by atoms with E-state index >= 15 is 0 Å². The smallest absolute Gasteiger partial charge is 0.105 e. The molecule has 0 amide bonds. The number of aryl methyl sites for hydroxylation is 1. The lowest BCUT2D eigenvalue weighted by atomic mass is 10.3. The fourth-order valence-corrected chi connectivity index (χ4v) is 1.89. The largest absolute Gasteiger partial charge is 0.383 e. The minimum atomic E-state index is 0.914. The Labute approximate surface area is 109 Å². The van der Waals surface area contributed by atoms with Crippen LogP contribution in [0, 0.1) is 10.5 Å². The Morgan fingerprint density at radius 3 is 2.69 bits per heavy atom. The normalized spacial score (nSPS) is 10.4. The van der Waals surface area contributed by atoms with Gasteiger partial charge in [-0.15, -0.1) is 0 Å². The van der Waals surface area contributed by atoms with Crippen LogP contribution >= 0.6 is 22.6 Å². The van der Waals surface area contributed by atoms with Crippen molar-refractivity contribution in [1.82, 2.24) is 9.55 Å². The lowest BCUT2D eigenvalue weighted by Crippen LogP contribution is -2.10. The van der Waals surface area contributed by atoms with E-state index in [-0.39, 0.29) is 0 Å². The number of aromatic nitrogens is 2. The molecule has 1 aromatic carbocycles. The molecule has 0 bridgehead atoms. The summed E-state index contributed by atoms with van der Waals surface area (Å²) in [6, 6.07) is 8.40. The van der Waals surface area contributed by atoms with Crippen molar-refractivity contribution >= 4 is 28.3 Å². The lowest BCUT2D eigenvalue weighted by molar-refractivity contribution is 0.701. The van der Waals surface area contributed by atoms with E-state index in [1.807, 2.05) is 19.3 Å². The van der Waals surface area contributed by atoms with Crippen LogP contribution in [0.25, 0.3) is 0 Å². The summed E-state index contributed by atoms with van der Waals surface area (Å²) in [6.45, 7) is 3.88. The summed E-state index contributed by atoms with van der Waals surface area (Å²) >= 11 is 2.31. The average Bonchev–Trinajstić information content (AvgIpc) is 2.68. The second-order valence-electron chi connectivity index (χ2n) is 3.60. The Balaban J connectivity index is 1.84. The fourth-order valence-electron chi connectivity index (χ4n) is 1.53. The third kappa shape index (κ3) is 2.98. The number of nitrogens with one attached hydrogen (secondary N) is 1. The highest BCUT2D eigenvalue weighted by Crippen LogP contribution is 2.10. The molecule has 1 N–H and O–H groups in total. The van der Waals surface area contributed by atoms with Crippen molar-refractivity contribution in [2.75, 3.05) is 11.9 Å². The van der Waals surface area contributed by atoms with Crippen LogP contribution in [0.2, 0.25) is 0 Å². The second kappa shape index (κ2) is 5.34. The van der Waals surface area contributed by atoms with E-state index in [0.29, 0.717) is 0 Å². The molecule has 0 aliphatic rings. The Morgan fingerprint density at radius 2 is 2.06 bits per heavy atom. The first-order chi connectivity index (χ1) is 7.75. The van der Waals surface area contributed by atoms with Gasteiger partial charge in [0.25, 0.3) is 0 Å². The van der Waals surface area contributed by atoms with Gasteiger partial charge in [0.1, 0.15) is 5.82 Å². The zero-order chi connectivity index (χ0) is 11.4. The first-order valence-corrected chi connectivity index (χ1v) is 6.31. The maximum absolute atomic E-state index is 4.19. The standard InChI is InChI=1S/C12H14IN3/c1-10-14-6-8-16(10)9-7-15-12-4-2-11(13)3-5-12/h2-6,8,15H,7,9H2,1H3. The van der Waals surface area contributed by atoms with E-state index in [1.54, 1.807) is 0 Å². The highest BCUT2D eigenvalue weighted by molar-refractivity contribution is 14.1. The van der Waals surface area contributed by atoms with Crippen LogP contribution in [0.3, 0.4) is 0 Å². The van der Waals surface area contributed by atoms with E-state index in [4.69, 9.17) is 0 Å². The lowest BCUT2D eigenvalue weighted by Gasteiger charge is -2.08.